The molecule has 39 heavy (non-hydrogen) atoms. The lowest BCUT2D eigenvalue weighted by atomic mass is 10.1. The van der Waals surface area contributed by atoms with Crippen molar-refractivity contribution in [2.24, 2.45) is 0 Å². The second-order valence-electron chi connectivity index (χ2n) is 9.08. The van der Waals surface area contributed by atoms with Gasteiger partial charge in [-0.3, -0.25) is 13.9 Å². The van der Waals surface area contributed by atoms with Gasteiger partial charge in [0, 0.05) is 18.1 Å². The van der Waals surface area contributed by atoms with Crippen molar-refractivity contribution in [1.82, 2.24) is 10.2 Å². The van der Waals surface area contributed by atoms with Crippen LogP contribution in [0.4, 0.5) is 5.69 Å². The van der Waals surface area contributed by atoms with Crippen molar-refractivity contribution < 1.29 is 18.0 Å². The highest BCUT2D eigenvalue weighted by Gasteiger charge is 2.34. The van der Waals surface area contributed by atoms with Crippen LogP contribution < -0.4 is 9.62 Å². The summed E-state index contributed by atoms with van der Waals surface area (Å²) in [6.07, 6.45) is 1.08. The summed E-state index contributed by atoms with van der Waals surface area (Å²) in [5.74, 6) is -0.841. The van der Waals surface area contributed by atoms with Crippen molar-refractivity contribution in [2.45, 2.75) is 51.1 Å². The number of halogens is 2. The molecule has 0 fully saturated rings. The van der Waals surface area contributed by atoms with Gasteiger partial charge in [0.25, 0.3) is 10.0 Å². The normalized spacial score (nSPS) is 12.0. The Balaban J connectivity index is 2.09. The third-order valence-electron chi connectivity index (χ3n) is 6.32. The van der Waals surface area contributed by atoms with E-state index in [0.29, 0.717) is 13.0 Å². The number of amides is 2. The van der Waals surface area contributed by atoms with Crippen molar-refractivity contribution in [3.8, 4) is 0 Å². The topological polar surface area (TPSA) is 86.8 Å². The Morgan fingerprint density at radius 3 is 2.26 bits per heavy atom. The zero-order valence-electron chi connectivity index (χ0n) is 22.2. The summed E-state index contributed by atoms with van der Waals surface area (Å²) < 4.78 is 28.7. The largest absolute Gasteiger partial charge is 0.354 e. The highest BCUT2D eigenvalue weighted by molar-refractivity contribution is 7.92. The van der Waals surface area contributed by atoms with Gasteiger partial charge in [0.15, 0.2) is 0 Å². The molecular weight excluding hydrogens is 557 g/mol. The number of carbonyl (C=O) groups excluding carboxylic acids is 2. The molecule has 0 spiro atoms. The van der Waals surface area contributed by atoms with Gasteiger partial charge >= 0.3 is 0 Å². The van der Waals surface area contributed by atoms with Crippen molar-refractivity contribution in [3.05, 3.63) is 94.0 Å². The van der Waals surface area contributed by atoms with Crippen LogP contribution in [0.2, 0.25) is 10.0 Å². The third-order valence-corrected chi connectivity index (χ3v) is 8.65. The Labute approximate surface area is 240 Å². The fraction of sp³-hybridized carbons (Fsp3) is 0.310. The lowest BCUT2D eigenvalue weighted by Gasteiger charge is -2.33. The van der Waals surface area contributed by atoms with Gasteiger partial charge in [0.2, 0.25) is 11.8 Å². The average molecular weight is 591 g/mol. The second kappa shape index (κ2) is 13.8. The van der Waals surface area contributed by atoms with Crippen molar-refractivity contribution >= 4 is 50.7 Å². The minimum Gasteiger partial charge on any atom is -0.354 e. The standard InChI is InChI=1S/C29H33Cl2N3O4S/c1-4-17-32-29(36)26(5-2)33(19-22-12-10-9-11-21(22)3)28(35)20-34(27-18-23(30)15-16-25(27)31)39(37,38)24-13-7-6-8-14-24/h6-16,18,26H,4-5,17,19-20H2,1-3H3,(H,32,36). The number of nitrogens with zero attached hydrogens (tertiary/aromatic N) is 2. The molecule has 0 aliphatic heterocycles. The van der Waals surface area contributed by atoms with Crippen LogP contribution in [0.5, 0.6) is 0 Å². The van der Waals surface area contributed by atoms with Crippen LogP contribution in [0.1, 0.15) is 37.8 Å². The van der Waals surface area contributed by atoms with Crippen LogP contribution in [-0.2, 0) is 26.2 Å². The van der Waals surface area contributed by atoms with Crippen molar-refractivity contribution in [2.75, 3.05) is 17.4 Å². The predicted octanol–water partition coefficient (Wildman–Crippen LogP) is 5.83. The summed E-state index contributed by atoms with van der Waals surface area (Å²) >= 11 is 12.7. The minimum absolute atomic E-state index is 0.00738. The maximum absolute atomic E-state index is 14.1. The monoisotopic (exact) mass is 589 g/mol. The Hall–Kier alpha value is -3.07. The van der Waals surface area contributed by atoms with Crippen LogP contribution in [0.3, 0.4) is 0 Å². The molecule has 1 atom stereocenters. The van der Waals surface area contributed by atoms with E-state index in [2.05, 4.69) is 5.32 Å². The summed E-state index contributed by atoms with van der Waals surface area (Å²) in [7, 11) is -4.23. The van der Waals surface area contributed by atoms with Gasteiger partial charge in [-0.1, -0.05) is 79.5 Å². The van der Waals surface area contributed by atoms with Crippen LogP contribution in [0.25, 0.3) is 0 Å². The van der Waals surface area contributed by atoms with Gasteiger partial charge in [0.05, 0.1) is 15.6 Å². The fourth-order valence-corrected chi connectivity index (χ4v) is 6.05. The van der Waals surface area contributed by atoms with Gasteiger partial charge in [0.1, 0.15) is 12.6 Å². The predicted molar refractivity (Wildman–Crippen MR) is 157 cm³/mol. The zero-order chi connectivity index (χ0) is 28.6. The molecule has 3 rings (SSSR count). The molecule has 0 heterocycles. The number of hydrogen-bond acceptors (Lipinski definition) is 4. The van der Waals surface area contributed by atoms with E-state index in [-0.39, 0.29) is 33.1 Å². The quantitative estimate of drug-likeness (QED) is 0.288. The number of benzene rings is 3. The molecule has 3 aromatic carbocycles. The first kappa shape index (κ1) is 30.5. The lowest BCUT2D eigenvalue weighted by Crippen LogP contribution is -2.52. The van der Waals surface area contributed by atoms with E-state index >= 15 is 0 Å². The molecule has 0 aliphatic rings. The van der Waals surface area contributed by atoms with Gasteiger partial charge in [-0.15, -0.1) is 0 Å². The van der Waals surface area contributed by atoms with E-state index < -0.39 is 28.5 Å². The van der Waals surface area contributed by atoms with Gasteiger partial charge < -0.3 is 10.2 Å². The molecule has 0 radical (unpaired) electrons. The molecule has 1 N–H and O–H groups in total. The summed E-state index contributed by atoms with van der Waals surface area (Å²) in [6.45, 7) is 5.70. The highest BCUT2D eigenvalue weighted by atomic mass is 35.5. The van der Waals surface area contributed by atoms with E-state index in [0.717, 1.165) is 21.9 Å². The zero-order valence-corrected chi connectivity index (χ0v) is 24.6. The average Bonchev–Trinajstić information content (AvgIpc) is 2.93. The van der Waals surface area contributed by atoms with Gasteiger partial charge in [-0.25, -0.2) is 8.42 Å². The Kier molecular flexibility index (Phi) is 10.8. The van der Waals surface area contributed by atoms with Gasteiger partial charge in [-0.05, 0) is 61.2 Å². The minimum atomic E-state index is -4.23. The molecule has 7 nitrogen and oxygen atoms in total. The number of rotatable bonds is 12. The molecule has 10 heteroatoms. The second-order valence-corrected chi connectivity index (χ2v) is 11.8. The van der Waals surface area contributed by atoms with Crippen LogP contribution >= 0.6 is 23.2 Å². The summed E-state index contributed by atoms with van der Waals surface area (Å²) in [4.78, 5) is 28.6. The first-order valence-corrected chi connectivity index (χ1v) is 14.9. The number of sulfonamides is 1. The summed E-state index contributed by atoms with van der Waals surface area (Å²) in [6, 6.07) is 19.0. The molecule has 3 aromatic rings. The maximum Gasteiger partial charge on any atom is 0.264 e. The lowest BCUT2D eigenvalue weighted by molar-refractivity contribution is -0.140. The smallest absolute Gasteiger partial charge is 0.264 e. The van der Waals surface area contributed by atoms with E-state index in [1.165, 1.54) is 35.2 Å². The number of hydrogen-bond donors (Lipinski definition) is 1. The van der Waals surface area contributed by atoms with E-state index in [1.54, 1.807) is 18.2 Å². The molecule has 208 valence electrons. The van der Waals surface area contributed by atoms with Crippen LogP contribution in [-0.4, -0.2) is 44.3 Å². The van der Waals surface area contributed by atoms with Crippen LogP contribution in [0, 0.1) is 6.92 Å². The molecular formula is C29H33Cl2N3O4S. The van der Waals surface area contributed by atoms with Crippen LogP contribution in [0.15, 0.2) is 77.7 Å². The summed E-state index contributed by atoms with van der Waals surface area (Å²) in [5, 5.41) is 3.25. The van der Waals surface area contributed by atoms with E-state index in [4.69, 9.17) is 23.2 Å². The Morgan fingerprint density at radius 2 is 1.62 bits per heavy atom. The molecule has 0 saturated heterocycles. The molecule has 1 unspecified atom stereocenters. The molecule has 2 amide bonds. The Bertz CT molecular complexity index is 1400. The number of carbonyl (C=O) groups is 2. The van der Waals surface area contributed by atoms with Gasteiger partial charge in [-0.2, -0.15) is 0 Å². The molecule has 0 bridgehead atoms. The first-order chi connectivity index (χ1) is 18.6. The highest BCUT2D eigenvalue weighted by Crippen LogP contribution is 2.33. The molecule has 0 aromatic heterocycles. The maximum atomic E-state index is 14.1. The molecule has 0 saturated carbocycles. The van der Waals surface area contributed by atoms with E-state index in [1.807, 2.05) is 45.0 Å². The summed E-state index contributed by atoms with van der Waals surface area (Å²) in [5.41, 5.74) is 1.87. The Morgan fingerprint density at radius 1 is 0.949 bits per heavy atom. The molecule has 0 aliphatic carbocycles. The number of anilines is 1. The van der Waals surface area contributed by atoms with E-state index in [9.17, 15) is 18.0 Å². The fourth-order valence-electron chi connectivity index (χ4n) is 4.17. The van der Waals surface area contributed by atoms with Crippen molar-refractivity contribution in [3.63, 3.8) is 0 Å². The number of nitrogens with one attached hydrogen (secondary N) is 1. The SMILES string of the molecule is CCCNC(=O)C(CC)N(Cc1ccccc1C)C(=O)CN(c1cc(Cl)ccc1Cl)S(=O)(=O)c1ccccc1. The van der Waals surface area contributed by atoms with Crippen molar-refractivity contribution in [1.29, 1.82) is 0 Å². The first-order valence-electron chi connectivity index (χ1n) is 12.7. The number of aryl methyl sites for hydroxylation is 1. The third kappa shape index (κ3) is 7.53.